The van der Waals surface area contributed by atoms with Gasteiger partial charge in [0.2, 0.25) is 0 Å². The van der Waals surface area contributed by atoms with Crippen LogP contribution in [0.3, 0.4) is 0 Å². The number of hydrogen-bond donors (Lipinski definition) is 1. The van der Waals surface area contributed by atoms with E-state index in [2.05, 4.69) is 11.2 Å². The minimum absolute atomic E-state index is 0.0318. The van der Waals surface area contributed by atoms with Gasteiger partial charge in [-0.1, -0.05) is 35.7 Å². The minimum atomic E-state index is -0.156. The Hall–Kier alpha value is -2.84. The van der Waals surface area contributed by atoms with Gasteiger partial charge >= 0.3 is 6.03 Å². The molecule has 0 bridgehead atoms. The zero-order chi connectivity index (χ0) is 20.5. The second-order valence-corrected chi connectivity index (χ2v) is 6.92. The highest BCUT2D eigenvalue weighted by molar-refractivity contribution is 6.30. The molecule has 0 aromatic heterocycles. The number of terminal acetylenes is 1. The van der Waals surface area contributed by atoms with Gasteiger partial charge in [-0.05, 0) is 49.2 Å². The third-order valence-corrected chi connectivity index (χ3v) is 4.34. The van der Waals surface area contributed by atoms with Crippen LogP contribution < -0.4 is 14.8 Å². The Morgan fingerprint density at radius 3 is 2.64 bits per heavy atom. The van der Waals surface area contributed by atoms with E-state index in [-0.39, 0.29) is 18.7 Å². The highest BCUT2D eigenvalue weighted by atomic mass is 35.5. The summed E-state index contributed by atoms with van der Waals surface area (Å²) in [6, 6.07) is 12.9. The summed E-state index contributed by atoms with van der Waals surface area (Å²) in [4.78, 5) is 14.5. The maximum atomic E-state index is 12.7. The quantitative estimate of drug-likeness (QED) is 0.664. The molecule has 148 valence electrons. The lowest BCUT2D eigenvalue weighted by atomic mass is 10.2. The molecule has 2 aromatic rings. The van der Waals surface area contributed by atoms with E-state index >= 15 is 0 Å². The second kappa shape index (κ2) is 10.5. The van der Waals surface area contributed by atoms with Crippen molar-refractivity contribution >= 4 is 17.6 Å². The summed E-state index contributed by atoms with van der Waals surface area (Å²) in [6.45, 7) is 4.93. The van der Waals surface area contributed by atoms with Crippen molar-refractivity contribution in [3.05, 3.63) is 58.6 Å². The summed E-state index contributed by atoms with van der Waals surface area (Å²) >= 11 is 6.05. The Balaban J connectivity index is 2.05. The fourth-order valence-electron chi connectivity index (χ4n) is 2.66. The molecule has 0 fully saturated rings. The Labute approximate surface area is 171 Å². The van der Waals surface area contributed by atoms with Crippen molar-refractivity contribution in [3.63, 3.8) is 0 Å². The number of hydrogen-bond acceptors (Lipinski definition) is 3. The molecule has 28 heavy (non-hydrogen) atoms. The lowest BCUT2D eigenvalue weighted by Crippen LogP contribution is -2.43. The third-order valence-electron chi connectivity index (χ3n) is 4.11. The average Bonchev–Trinajstić information content (AvgIpc) is 2.68. The highest BCUT2D eigenvalue weighted by Gasteiger charge is 2.17. The first-order valence-electron chi connectivity index (χ1n) is 8.96. The van der Waals surface area contributed by atoms with Crippen LogP contribution in [0.5, 0.6) is 11.5 Å². The summed E-state index contributed by atoms with van der Waals surface area (Å²) in [7, 11) is 1.57. The van der Waals surface area contributed by atoms with Crippen LogP contribution in [0.15, 0.2) is 42.5 Å². The van der Waals surface area contributed by atoms with E-state index in [4.69, 9.17) is 27.5 Å². The third kappa shape index (κ3) is 6.11. The fraction of sp³-hybridized carbons (Fsp3) is 0.318. The Morgan fingerprint density at radius 2 is 2.00 bits per heavy atom. The number of carbonyl (C=O) groups excluding carboxylic acids is 1. The van der Waals surface area contributed by atoms with Gasteiger partial charge in [0.1, 0.15) is 6.61 Å². The maximum Gasteiger partial charge on any atom is 0.318 e. The molecule has 0 spiro atoms. The lowest BCUT2D eigenvalue weighted by Gasteiger charge is -2.27. The van der Waals surface area contributed by atoms with E-state index in [1.54, 1.807) is 18.1 Å². The topological polar surface area (TPSA) is 50.8 Å². The number of ether oxygens (including phenoxy) is 2. The number of rotatable bonds is 8. The van der Waals surface area contributed by atoms with Crippen LogP contribution in [0.25, 0.3) is 0 Å². The summed E-state index contributed by atoms with van der Waals surface area (Å²) in [5.41, 5.74) is 1.86. The Bertz CT molecular complexity index is 846. The number of nitrogens with one attached hydrogen (secondary N) is 1. The number of methoxy groups -OCH3 is 1. The molecule has 2 aromatic carbocycles. The van der Waals surface area contributed by atoms with Crippen LogP contribution in [0.2, 0.25) is 5.02 Å². The SMILES string of the molecule is C#CCOc1cc(CNC(=O)N(Cc2cccc(Cl)c2)C(C)C)ccc1OC. The van der Waals surface area contributed by atoms with E-state index in [1.807, 2.05) is 50.2 Å². The Morgan fingerprint density at radius 1 is 1.21 bits per heavy atom. The van der Waals surface area contributed by atoms with Crippen LogP contribution >= 0.6 is 11.6 Å². The molecule has 0 aliphatic carbocycles. The molecule has 5 nitrogen and oxygen atoms in total. The van der Waals surface area contributed by atoms with Gasteiger partial charge in [-0.25, -0.2) is 4.79 Å². The first-order chi connectivity index (χ1) is 13.4. The standard InChI is InChI=1S/C22H25ClN2O3/c1-5-11-28-21-13-17(9-10-20(21)27-4)14-24-22(26)25(16(2)3)15-18-7-6-8-19(23)12-18/h1,6-10,12-13,16H,11,14-15H2,2-4H3,(H,24,26). The van der Waals surface area contributed by atoms with Crippen molar-refractivity contribution in [1.82, 2.24) is 10.2 Å². The number of benzene rings is 2. The molecule has 0 unspecified atom stereocenters. The van der Waals surface area contributed by atoms with Crippen LogP contribution in [-0.2, 0) is 13.1 Å². The van der Waals surface area contributed by atoms with Crippen molar-refractivity contribution in [2.24, 2.45) is 0 Å². The number of amides is 2. The minimum Gasteiger partial charge on any atom is -0.493 e. The maximum absolute atomic E-state index is 12.7. The van der Waals surface area contributed by atoms with Gasteiger partial charge in [0, 0.05) is 24.2 Å². The number of halogens is 1. The molecule has 0 atom stereocenters. The van der Waals surface area contributed by atoms with Crippen molar-refractivity contribution in [2.75, 3.05) is 13.7 Å². The molecule has 0 aliphatic heterocycles. The first-order valence-corrected chi connectivity index (χ1v) is 9.34. The van der Waals surface area contributed by atoms with Crippen LogP contribution in [0, 0.1) is 12.3 Å². The zero-order valence-corrected chi connectivity index (χ0v) is 17.1. The molecule has 6 heteroatoms. The second-order valence-electron chi connectivity index (χ2n) is 6.49. The molecule has 0 radical (unpaired) electrons. The highest BCUT2D eigenvalue weighted by Crippen LogP contribution is 2.28. The van der Waals surface area contributed by atoms with E-state index in [9.17, 15) is 4.79 Å². The van der Waals surface area contributed by atoms with Crippen molar-refractivity contribution in [2.45, 2.75) is 33.0 Å². The first kappa shape index (κ1) is 21.5. The Kier molecular flexibility index (Phi) is 8.03. The summed E-state index contributed by atoms with van der Waals surface area (Å²) in [5.74, 6) is 3.57. The fourth-order valence-corrected chi connectivity index (χ4v) is 2.88. The van der Waals surface area contributed by atoms with E-state index in [1.165, 1.54) is 0 Å². The van der Waals surface area contributed by atoms with Crippen molar-refractivity contribution in [3.8, 4) is 23.8 Å². The number of nitrogens with zero attached hydrogens (tertiary/aromatic N) is 1. The normalized spacial score (nSPS) is 10.3. The molecular formula is C22H25ClN2O3. The molecule has 2 rings (SSSR count). The molecule has 0 saturated heterocycles. The summed E-state index contributed by atoms with van der Waals surface area (Å²) < 4.78 is 10.8. The van der Waals surface area contributed by atoms with Gasteiger partial charge in [-0.15, -0.1) is 6.42 Å². The van der Waals surface area contributed by atoms with Crippen molar-refractivity contribution < 1.29 is 14.3 Å². The van der Waals surface area contributed by atoms with Gasteiger partial charge < -0.3 is 19.7 Å². The smallest absolute Gasteiger partial charge is 0.318 e. The molecule has 1 N–H and O–H groups in total. The summed E-state index contributed by atoms with van der Waals surface area (Å²) in [6.07, 6.45) is 5.25. The lowest BCUT2D eigenvalue weighted by molar-refractivity contribution is 0.179. The van der Waals surface area contributed by atoms with Crippen LogP contribution in [0.1, 0.15) is 25.0 Å². The van der Waals surface area contributed by atoms with Gasteiger partial charge in [0.05, 0.1) is 7.11 Å². The largest absolute Gasteiger partial charge is 0.493 e. The summed E-state index contributed by atoms with van der Waals surface area (Å²) in [5, 5.41) is 3.61. The van der Waals surface area contributed by atoms with Crippen molar-refractivity contribution in [1.29, 1.82) is 0 Å². The van der Waals surface area contributed by atoms with Gasteiger partial charge in [0.15, 0.2) is 11.5 Å². The molecular weight excluding hydrogens is 376 g/mol. The zero-order valence-electron chi connectivity index (χ0n) is 16.4. The van der Waals surface area contributed by atoms with Crippen LogP contribution in [0.4, 0.5) is 4.79 Å². The number of urea groups is 1. The molecule has 2 amide bonds. The van der Waals surface area contributed by atoms with E-state index in [0.29, 0.717) is 29.6 Å². The molecule has 0 aliphatic rings. The monoisotopic (exact) mass is 400 g/mol. The number of carbonyl (C=O) groups is 1. The van der Waals surface area contributed by atoms with Crippen LogP contribution in [-0.4, -0.2) is 30.7 Å². The van der Waals surface area contributed by atoms with E-state index < -0.39 is 0 Å². The average molecular weight is 401 g/mol. The van der Waals surface area contributed by atoms with E-state index in [0.717, 1.165) is 11.1 Å². The predicted molar refractivity (Wildman–Crippen MR) is 112 cm³/mol. The predicted octanol–water partition coefficient (Wildman–Crippen LogP) is 4.48. The molecule has 0 saturated carbocycles. The molecule has 0 heterocycles. The van der Waals surface area contributed by atoms with Gasteiger partial charge in [-0.3, -0.25) is 0 Å². The van der Waals surface area contributed by atoms with Gasteiger partial charge in [-0.2, -0.15) is 0 Å². The van der Waals surface area contributed by atoms with Gasteiger partial charge in [0.25, 0.3) is 0 Å².